The van der Waals surface area contributed by atoms with Crippen LogP contribution >= 0.6 is 0 Å². The van der Waals surface area contributed by atoms with Crippen LogP contribution in [-0.2, 0) is 0 Å². The number of aliphatic hydroxyl groups excluding tert-OH is 1. The van der Waals surface area contributed by atoms with E-state index >= 15 is 0 Å². The fraction of sp³-hybridized carbons (Fsp3) is 0.611. The molecule has 0 spiro atoms. The molecule has 0 unspecified atom stereocenters. The Bertz CT molecular complexity index is 622. The zero-order chi connectivity index (χ0) is 19.5. The summed E-state index contributed by atoms with van der Waals surface area (Å²) in [5.41, 5.74) is 0.140. The van der Waals surface area contributed by atoms with Crippen molar-refractivity contribution in [2.24, 2.45) is 5.92 Å². The molecule has 2 rings (SSSR count). The van der Waals surface area contributed by atoms with Crippen LogP contribution < -0.4 is 4.74 Å². The SMILES string of the molecule is CC(C)[C@@H](CN1CC[C@H](O)C1)N(C)C(=O)c1cccc(OC(F)(F)F)c1. The first-order valence-corrected chi connectivity index (χ1v) is 8.60. The Morgan fingerprint density at radius 2 is 2.12 bits per heavy atom. The molecule has 8 heteroatoms. The third kappa shape index (κ3) is 5.60. The minimum absolute atomic E-state index is 0.125. The van der Waals surface area contributed by atoms with Crippen LogP contribution in [0.3, 0.4) is 0 Å². The molecular weight excluding hydrogens is 349 g/mol. The van der Waals surface area contributed by atoms with E-state index in [1.54, 1.807) is 11.9 Å². The van der Waals surface area contributed by atoms with Crippen LogP contribution in [0.5, 0.6) is 5.75 Å². The molecule has 26 heavy (non-hydrogen) atoms. The number of nitrogens with zero attached hydrogens (tertiary/aromatic N) is 2. The number of ether oxygens (including phenoxy) is 1. The maximum absolute atomic E-state index is 12.8. The van der Waals surface area contributed by atoms with Gasteiger partial charge in [-0.05, 0) is 30.5 Å². The number of hydrogen-bond acceptors (Lipinski definition) is 4. The van der Waals surface area contributed by atoms with Crippen molar-refractivity contribution in [1.29, 1.82) is 0 Å². The van der Waals surface area contributed by atoms with Crippen molar-refractivity contribution in [2.75, 3.05) is 26.7 Å². The highest BCUT2D eigenvalue weighted by atomic mass is 19.4. The van der Waals surface area contributed by atoms with Crippen molar-refractivity contribution in [1.82, 2.24) is 9.80 Å². The standard InChI is InChI=1S/C18H25F3N2O3/c1-12(2)16(11-23-8-7-14(24)10-23)22(3)17(25)13-5-4-6-15(9-13)26-18(19,20)21/h4-6,9,12,14,16,24H,7-8,10-11H2,1-3H3/t14-,16+/m0/s1. The van der Waals surface area contributed by atoms with Gasteiger partial charge < -0.3 is 14.7 Å². The lowest BCUT2D eigenvalue weighted by Crippen LogP contribution is -2.47. The predicted molar refractivity (Wildman–Crippen MR) is 90.9 cm³/mol. The number of amides is 1. The number of carbonyl (C=O) groups is 1. The maximum Gasteiger partial charge on any atom is 0.573 e. The molecule has 5 nitrogen and oxygen atoms in total. The van der Waals surface area contributed by atoms with Gasteiger partial charge in [0.2, 0.25) is 0 Å². The van der Waals surface area contributed by atoms with E-state index in [2.05, 4.69) is 9.64 Å². The van der Waals surface area contributed by atoms with Crippen molar-refractivity contribution >= 4 is 5.91 Å². The first-order chi connectivity index (χ1) is 12.1. The van der Waals surface area contributed by atoms with Gasteiger partial charge in [0.1, 0.15) is 5.75 Å². The van der Waals surface area contributed by atoms with E-state index in [1.807, 2.05) is 13.8 Å². The zero-order valence-electron chi connectivity index (χ0n) is 15.2. The quantitative estimate of drug-likeness (QED) is 0.832. The van der Waals surface area contributed by atoms with Gasteiger partial charge in [-0.1, -0.05) is 19.9 Å². The Labute approximate surface area is 151 Å². The van der Waals surface area contributed by atoms with Crippen molar-refractivity contribution < 1.29 is 27.8 Å². The smallest absolute Gasteiger partial charge is 0.406 e. The second kappa shape index (κ2) is 8.26. The lowest BCUT2D eigenvalue weighted by atomic mass is 10.0. The van der Waals surface area contributed by atoms with Crippen molar-refractivity contribution in [3.63, 3.8) is 0 Å². The molecule has 2 atom stereocenters. The number of aliphatic hydroxyl groups is 1. The molecule has 0 aliphatic carbocycles. The lowest BCUT2D eigenvalue weighted by molar-refractivity contribution is -0.274. The molecule has 146 valence electrons. The predicted octanol–water partition coefficient (Wildman–Crippen LogP) is 2.75. The lowest BCUT2D eigenvalue weighted by Gasteiger charge is -2.34. The Hall–Kier alpha value is -1.80. The van der Waals surface area contributed by atoms with E-state index in [9.17, 15) is 23.1 Å². The van der Waals surface area contributed by atoms with Gasteiger partial charge in [-0.2, -0.15) is 0 Å². The van der Waals surface area contributed by atoms with Gasteiger partial charge in [0.15, 0.2) is 0 Å². The number of alkyl halides is 3. The normalized spacial score (nSPS) is 19.6. The van der Waals surface area contributed by atoms with Gasteiger partial charge in [-0.3, -0.25) is 9.69 Å². The van der Waals surface area contributed by atoms with E-state index in [4.69, 9.17) is 0 Å². The van der Waals surface area contributed by atoms with Gasteiger partial charge >= 0.3 is 6.36 Å². The number of β-amino-alcohol motifs (C(OH)–C–C–N with tert-alkyl or cyclic N) is 1. The number of likely N-dealkylation sites (tertiary alicyclic amines) is 1. The number of benzene rings is 1. The molecule has 1 N–H and O–H groups in total. The Morgan fingerprint density at radius 3 is 2.65 bits per heavy atom. The zero-order valence-corrected chi connectivity index (χ0v) is 15.2. The van der Waals surface area contributed by atoms with Crippen LogP contribution in [0.25, 0.3) is 0 Å². The topological polar surface area (TPSA) is 53.0 Å². The van der Waals surface area contributed by atoms with Gasteiger partial charge in [0, 0.05) is 38.3 Å². The number of rotatable bonds is 6. The molecule has 1 aliphatic rings. The summed E-state index contributed by atoms with van der Waals surface area (Å²) in [5.74, 6) is -0.632. The monoisotopic (exact) mass is 374 g/mol. The largest absolute Gasteiger partial charge is 0.573 e. The third-order valence-corrected chi connectivity index (χ3v) is 4.59. The summed E-state index contributed by atoms with van der Waals surface area (Å²) >= 11 is 0. The van der Waals surface area contributed by atoms with E-state index in [0.717, 1.165) is 18.7 Å². The van der Waals surface area contributed by atoms with Crippen molar-refractivity contribution in [3.05, 3.63) is 29.8 Å². The number of hydrogen-bond donors (Lipinski definition) is 1. The molecule has 1 saturated heterocycles. The van der Waals surface area contributed by atoms with Gasteiger partial charge in [0.25, 0.3) is 5.91 Å². The molecule has 0 aromatic heterocycles. The number of carbonyl (C=O) groups excluding carboxylic acids is 1. The molecule has 1 aromatic carbocycles. The molecule has 0 radical (unpaired) electrons. The highest BCUT2D eigenvalue weighted by Gasteiger charge is 2.32. The molecule has 0 saturated carbocycles. The Balaban J connectivity index is 2.11. The Morgan fingerprint density at radius 1 is 1.42 bits per heavy atom. The number of halogens is 3. The van der Waals surface area contributed by atoms with Crippen LogP contribution in [0.1, 0.15) is 30.6 Å². The molecule has 0 bridgehead atoms. The van der Waals surface area contributed by atoms with E-state index in [1.165, 1.54) is 12.1 Å². The van der Waals surface area contributed by atoms with Gasteiger partial charge in [-0.25, -0.2) is 0 Å². The first kappa shape index (κ1) is 20.5. The molecule has 1 amide bonds. The van der Waals surface area contributed by atoms with Crippen molar-refractivity contribution in [3.8, 4) is 5.75 Å². The highest BCUT2D eigenvalue weighted by Crippen LogP contribution is 2.24. The van der Waals surface area contributed by atoms with Crippen LogP contribution in [0.2, 0.25) is 0 Å². The average Bonchev–Trinajstić information content (AvgIpc) is 2.95. The highest BCUT2D eigenvalue weighted by molar-refractivity contribution is 5.94. The number of likely N-dealkylation sites (N-methyl/N-ethyl adjacent to an activating group) is 1. The van der Waals surface area contributed by atoms with Crippen LogP contribution in [0, 0.1) is 5.92 Å². The second-order valence-corrected chi connectivity index (χ2v) is 7.01. The fourth-order valence-electron chi connectivity index (χ4n) is 3.20. The average molecular weight is 374 g/mol. The summed E-state index contributed by atoms with van der Waals surface area (Å²) in [4.78, 5) is 16.4. The van der Waals surface area contributed by atoms with E-state index in [0.29, 0.717) is 19.5 Å². The molecule has 1 aliphatic heterocycles. The molecule has 1 aromatic rings. The summed E-state index contributed by atoms with van der Waals surface area (Å²) in [7, 11) is 1.65. The summed E-state index contributed by atoms with van der Waals surface area (Å²) in [6.45, 7) is 5.92. The van der Waals surface area contributed by atoms with Crippen LogP contribution in [-0.4, -0.2) is 66.0 Å². The molecule has 1 heterocycles. The summed E-state index contributed by atoms with van der Waals surface area (Å²) in [6, 6.07) is 4.97. The first-order valence-electron chi connectivity index (χ1n) is 8.60. The fourth-order valence-corrected chi connectivity index (χ4v) is 3.20. The van der Waals surface area contributed by atoms with Crippen LogP contribution in [0.4, 0.5) is 13.2 Å². The Kier molecular flexibility index (Phi) is 6.52. The van der Waals surface area contributed by atoms with Crippen LogP contribution in [0.15, 0.2) is 24.3 Å². The van der Waals surface area contributed by atoms with E-state index in [-0.39, 0.29) is 29.5 Å². The minimum atomic E-state index is -4.80. The van der Waals surface area contributed by atoms with Gasteiger partial charge in [0.05, 0.1) is 6.10 Å². The maximum atomic E-state index is 12.8. The molecule has 1 fully saturated rings. The molecular formula is C18H25F3N2O3. The second-order valence-electron chi connectivity index (χ2n) is 7.01. The van der Waals surface area contributed by atoms with E-state index < -0.39 is 12.1 Å². The van der Waals surface area contributed by atoms with Gasteiger partial charge in [-0.15, -0.1) is 13.2 Å². The third-order valence-electron chi connectivity index (χ3n) is 4.59. The van der Waals surface area contributed by atoms with Crippen molar-refractivity contribution in [2.45, 2.75) is 38.8 Å². The summed E-state index contributed by atoms with van der Waals surface area (Å²) in [5, 5.41) is 9.67. The summed E-state index contributed by atoms with van der Waals surface area (Å²) in [6.07, 6.45) is -4.44. The summed E-state index contributed by atoms with van der Waals surface area (Å²) < 4.78 is 41.0. The minimum Gasteiger partial charge on any atom is -0.406 e.